The fourth-order valence-corrected chi connectivity index (χ4v) is 3.14. The summed E-state index contributed by atoms with van der Waals surface area (Å²) < 4.78 is 22.6. The Bertz CT molecular complexity index is 1080. The Hall–Kier alpha value is -3.28. The van der Waals surface area contributed by atoms with Gasteiger partial charge in [-0.15, -0.1) is 0 Å². The van der Waals surface area contributed by atoms with Crippen molar-refractivity contribution in [1.29, 1.82) is 0 Å². The number of amides is 2. The van der Waals surface area contributed by atoms with E-state index in [-0.39, 0.29) is 23.1 Å². The van der Waals surface area contributed by atoms with Crippen LogP contribution in [0.5, 0.6) is 0 Å². The fourth-order valence-electron chi connectivity index (χ4n) is 2.63. The van der Waals surface area contributed by atoms with Crippen molar-refractivity contribution in [2.75, 3.05) is 23.9 Å². The highest BCUT2D eigenvalue weighted by atomic mass is 32.2. The number of carbonyl (C=O) groups is 2. The molecule has 29 heavy (non-hydrogen) atoms. The lowest BCUT2D eigenvalue weighted by molar-refractivity contribution is -0.110. The molecule has 0 aromatic heterocycles. The van der Waals surface area contributed by atoms with Crippen LogP contribution in [0, 0.1) is 0 Å². The molecule has 11 heteroatoms. The van der Waals surface area contributed by atoms with Crippen LogP contribution in [0.3, 0.4) is 0 Å². The molecule has 0 radical (unpaired) electrons. The Kier molecular flexibility index (Phi) is 5.92. The van der Waals surface area contributed by atoms with Crippen molar-refractivity contribution in [2.45, 2.75) is 11.3 Å². The molecular formula is C18H19N5O5S. The van der Waals surface area contributed by atoms with Crippen LogP contribution < -0.4 is 21.2 Å². The number of rotatable bonds is 7. The van der Waals surface area contributed by atoms with Crippen LogP contribution in [0.2, 0.25) is 0 Å². The molecule has 152 valence electrons. The molecule has 2 aromatic rings. The second kappa shape index (κ2) is 8.39. The van der Waals surface area contributed by atoms with Gasteiger partial charge in [-0.1, -0.05) is 0 Å². The first-order chi connectivity index (χ1) is 13.8. The summed E-state index contributed by atoms with van der Waals surface area (Å²) in [6.07, 6.45) is 0.442. The Balaban J connectivity index is 1.80. The second-order valence-corrected chi connectivity index (χ2v) is 7.75. The van der Waals surface area contributed by atoms with Crippen LogP contribution >= 0.6 is 0 Å². The van der Waals surface area contributed by atoms with Crippen LogP contribution in [0.1, 0.15) is 22.3 Å². The smallest absolute Gasteiger partial charge is 0.276 e. The van der Waals surface area contributed by atoms with E-state index in [9.17, 15) is 18.0 Å². The number of hydrogen-bond donors (Lipinski definition) is 5. The highest BCUT2D eigenvalue weighted by Gasteiger charge is 2.27. The third kappa shape index (κ3) is 4.77. The number of sulfonamides is 1. The Labute approximate surface area is 166 Å². The van der Waals surface area contributed by atoms with E-state index >= 15 is 0 Å². The molecule has 2 amide bonds. The van der Waals surface area contributed by atoms with Crippen molar-refractivity contribution >= 4 is 38.9 Å². The number of fused-ring (bicyclic) bond motifs is 1. The molecule has 1 aliphatic heterocycles. The molecule has 0 aliphatic carbocycles. The van der Waals surface area contributed by atoms with E-state index < -0.39 is 15.9 Å². The predicted octanol–water partition coefficient (Wildman–Crippen LogP) is 0.215. The van der Waals surface area contributed by atoms with Crippen LogP contribution in [0.25, 0.3) is 0 Å². The maximum atomic E-state index is 12.2. The summed E-state index contributed by atoms with van der Waals surface area (Å²) in [5.41, 5.74) is 4.55. The highest BCUT2D eigenvalue weighted by molar-refractivity contribution is 7.89. The fraction of sp³-hybridized carbons (Fsp3) is 0.167. The molecule has 3 rings (SSSR count). The summed E-state index contributed by atoms with van der Waals surface area (Å²) in [7, 11) is -3.80. The van der Waals surface area contributed by atoms with E-state index in [0.29, 0.717) is 35.5 Å². The number of nitrogens with one attached hydrogen (secondary N) is 3. The van der Waals surface area contributed by atoms with Gasteiger partial charge in [0.2, 0.25) is 10.0 Å². The lowest BCUT2D eigenvalue weighted by Crippen LogP contribution is -2.25. The minimum atomic E-state index is -3.80. The van der Waals surface area contributed by atoms with Crippen molar-refractivity contribution in [3.05, 3.63) is 53.6 Å². The zero-order chi connectivity index (χ0) is 21.0. The van der Waals surface area contributed by atoms with Crippen molar-refractivity contribution in [3.8, 4) is 0 Å². The van der Waals surface area contributed by atoms with Crippen LogP contribution in [-0.4, -0.2) is 44.2 Å². The molecule has 0 bridgehead atoms. The summed E-state index contributed by atoms with van der Waals surface area (Å²) in [4.78, 5) is 24.4. The first kappa shape index (κ1) is 20.5. The van der Waals surface area contributed by atoms with Crippen LogP contribution in [0.4, 0.5) is 11.4 Å². The standard InChI is InChI=1S/C18H19N5O5S/c19-29(27,28)13-5-3-12(4-6-13)22-23-16-14-10-11(17(25)20-8-1-9-24)2-7-15(14)21-18(16)26/h2-7,10,22,24H,1,8-9H2,(H,20,25)(H2,19,27,28)(H,21,23,26). The van der Waals surface area contributed by atoms with Crippen molar-refractivity contribution in [2.24, 2.45) is 10.2 Å². The van der Waals surface area contributed by atoms with E-state index in [0.717, 1.165) is 0 Å². The molecule has 10 nitrogen and oxygen atoms in total. The largest absolute Gasteiger partial charge is 0.396 e. The molecule has 1 heterocycles. The summed E-state index contributed by atoms with van der Waals surface area (Å²) in [6.45, 7) is 0.310. The predicted molar refractivity (Wildman–Crippen MR) is 107 cm³/mol. The van der Waals surface area contributed by atoms with Gasteiger partial charge in [0.25, 0.3) is 11.8 Å². The third-order valence-corrected chi connectivity index (χ3v) is 5.03. The lowest BCUT2D eigenvalue weighted by Gasteiger charge is -2.06. The molecule has 0 atom stereocenters. The van der Waals surface area contributed by atoms with Gasteiger partial charge in [-0.05, 0) is 48.9 Å². The van der Waals surface area contributed by atoms with Gasteiger partial charge in [0.1, 0.15) is 0 Å². The molecule has 0 spiro atoms. The second-order valence-electron chi connectivity index (χ2n) is 6.19. The van der Waals surface area contributed by atoms with Crippen LogP contribution in [-0.2, 0) is 14.8 Å². The molecular weight excluding hydrogens is 398 g/mol. The maximum absolute atomic E-state index is 12.2. The van der Waals surface area contributed by atoms with Gasteiger partial charge in [-0.3, -0.25) is 15.0 Å². The molecule has 1 aliphatic rings. The minimum Gasteiger partial charge on any atom is -0.396 e. The van der Waals surface area contributed by atoms with Gasteiger partial charge in [0.05, 0.1) is 16.3 Å². The third-order valence-electron chi connectivity index (χ3n) is 4.10. The highest BCUT2D eigenvalue weighted by Crippen LogP contribution is 2.25. The zero-order valence-corrected chi connectivity index (χ0v) is 16.0. The average molecular weight is 417 g/mol. The van der Waals surface area contributed by atoms with Gasteiger partial charge in [0, 0.05) is 24.3 Å². The van der Waals surface area contributed by atoms with Gasteiger partial charge in [-0.25, -0.2) is 13.6 Å². The Morgan fingerprint density at radius 2 is 1.90 bits per heavy atom. The van der Waals surface area contributed by atoms with Crippen LogP contribution in [0.15, 0.2) is 52.5 Å². The summed E-state index contributed by atoms with van der Waals surface area (Å²) >= 11 is 0. The van der Waals surface area contributed by atoms with Gasteiger partial charge in [0.15, 0.2) is 5.71 Å². The SMILES string of the molecule is NS(=O)(=O)c1ccc(NN=C2C(=O)Nc3ccc(C(=O)NCCCO)cc32)cc1. The van der Waals surface area contributed by atoms with Gasteiger partial charge >= 0.3 is 0 Å². The lowest BCUT2D eigenvalue weighted by atomic mass is 10.1. The van der Waals surface area contributed by atoms with E-state index in [1.54, 1.807) is 18.2 Å². The van der Waals surface area contributed by atoms with Gasteiger partial charge < -0.3 is 15.7 Å². The molecule has 2 aromatic carbocycles. The Morgan fingerprint density at radius 3 is 2.55 bits per heavy atom. The van der Waals surface area contributed by atoms with Crippen molar-refractivity contribution in [3.63, 3.8) is 0 Å². The number of nitrogens with zero attached hydrogens (tertiary/aromatic N) is 1. The topological polar surface area (TPSA) is 163 Å². The first-order valence-corrected chi connectivity index (χ1v) is 10.2. The molecule has 0 fully saturated rings. The molecule has 0 saturated carbocycles. The number of anilines is 2. The van der Waals surface area contributed by atoms with E-state index in [1.807, 2.05) is 0 Å². The normalized spacial score (nSPS) is 14.4. The first-order valence-electron chi connectivity index (χ1n) is 8.61. The van der Waals surface area contributed by atoms with Crippen molar-refractivity contribution < 1.29 is 23.1 Å². The molecule has 6 N–H and O–H groups in total. The Morgan fingerprint density at radius 1 is 1.17 bits per heavy atom. The monoisotopic (exact) mass is 417 g/mol. The molecule has 0 saturated heterocycles. The number of carbonyl (C=O) groups excluding carboxylic acids is 2. The van der Waals surface area contributed by atoms with Crippen molar-refractivity contribution in [1.82, 2.24) is 5.32 Å². The number of aliphatic hydroxyl groups is 1. The average Bonchev–Trinajstić information content (AvgIpc) is 3.00. The van der Waals surface area contributed by atoms with Gasteiger partial charge in [-0.2, -0.15) is 5.10 Å². The minimum absolute atomic E-state index is 0.0243. The summed E-state index contributed by atoms with van der Waals surface area (Å²) in [5, 5.41) is 23.3. The number of aliphatic hydroxyl groups excluding tert-OH is 1. The summed E-state index contributed by atoms with van der Waals surface area (Å²) in [6, 6.07) is 10.3. The quantitative estimate of drug-likeness (QED) is 0.319. The van der Waals surface area contributed by atoms with E-state index in [2.05, 4.69) is 21.2 Å². The van der Waals surface area contributed by atoms with E-state index in [1.165, 1.54) is 24.3 Å². The summed E-state index contributed by atoms with van der Waals surface area (Å²) in [5.74, 6) is -0.766. The molecule has 0 unspecified atom stereocenters. The maximum Gasteiger partial charge on any atom is 0.276 e. The number of hydrazone groups is 1. The number of nitrogens with two attached hydrogens (primary N) is 1. The number of benzene rings is 2. The number of hydrogen-bond acceptors (Lipinski definition) is 7. The zero-order valence-electron chi connectivity index (χ0n) is 15.2. The van der Waals surface area contributed by atoms with E-state index in [4.69, 9.17) is 10.2 Å². The number of primary sulfonamides is 1.